The first-order valence-electron chi connectivity index (χ1n) is 6.85. The molecule has 0 heterocycles. The SMILES string of the molecule is COc1ccc(C(=O)N/N=C(/C)c2cccc([N+](=O)[O-])c2)cc1I. The average Bonchev–Trinajstić information content (AvgIpc) is 2.59. The highest BCUT2D eigenvalue weighted by Crippen LogP contribution is 2.21. The zero-order chi connectivity index (χ0) is 17.7. The number of nitro groups is 1. The Hall–Kier alpha value is -2.49. The van der Waals surface area contributed by atoms with E-state index in [0.717, 1.165) is 3.57 Å². The molecule has 2 aromatic rings. The number of nitrogens with zero attached hydrogens (tertiary/aromatic N) is 2. The van der Waals surface area contributed by atoms with Crippen molar-refractivity contribution >= 4 is 39.9 Å². The van der Waals surface area contributed by atoms with Crippen molar-refractivity contribution < 1.29 is 14.5 Å². The van der Waals surface area contributed by atoms with Crippen LogP contribution in [0.1, 0.15) is 22.8 Å². The van der Waals surface area contributed by atoms with Crippen LogP contribution in [0.4, 0.5) is 5.69 Å². The predicted octanol–water partition coefficient (Wildman–Crippen LogP) is 3.36. The molecule has 0 radical (unpaired) electrons. The molecule has 0 fully saturated rings. The molecule has 24 heavy (non-hydrogen) atoms. The van der Waals surface area contributed by atoms with Crippen molar-refractivity contribution in [1.29, 1.82) is 0 Å². The second-order valence-corrected chi connectivity index (χ2v) is 5.96. The Morgan fingerprint density at radius 3 is 2.62 bits per heavy atom. The highest BCUT2D eigenvalue weighted by Gasteiger charge is 2.10. The molecule has 0 aliphatic heterocycles. The number of hydrazone groups is 1. The zero-order valence-electron chi connectivity index (χ0n) is 12.9. The van der Waals surface area contributed by atoms with Crippen molar-refractivity contribution in [3.8, 4) is 5.75 Å². The fourth-order valence-corrected chi connectivity index (χ4v) is 2.65. The Morgan fingerprint density at radius 1 is 1.25 bits per heavy atom. The highest BCUT2D eigenvalue weighted by molar-refractivity contribution is 14.1. The number of ether oxygens (including phenoxy) is 1. The summed E-state index contributed by atoms with van der Waals surface area (Å²) in [5, 5.41) is 14.8. The number of methoxy groups -OCH3 is 1. The lowest BCUT2D eigenvalue weighted by Gasteiger charge is -2.06. The summed E-state index contributed by atoms with van der Waals surface area (Å²) >= 11 is 2.08. The summed E-state index contributed by atoms with van der Waals surface area (Å²) in [5.74, 6) is 0.309. The van der Waals surface area contributed by atoms with E-state index in [1.807, 2.05) is 0 Å². The molecule has 1 amide bonds. The Kier molecular flexibility index (Phi) is 5.85. The molecule has 2 rings (SSSR count). The molecule has 0 aromatic heterocycles. The van der Waals surface area contributed by atoms with Crippen LogP contribution in [0.25, 0.3) is 0 Å². The van der Waals surface area contributed by atoms with Gasteiger partial charge in [0.25, 0.3) is 11.6 Å². The molecule has 2 aromatic carbocycles. The maximum absolute atomic E-state index is 12.1. The van der Waals surface area contributed by atoms with E-state index in [9.17, 15) is 14.9 Å². The van der Waals surface area contributed by atoms with Gasteiger partial charge in [-0.15, -0.1) is 0 Å². The van der Waals surface area contributed by atoms with Gasteiger partial charge in [0.05, 0.1) is 21.3 Å². The number of carbonyl (C=O) groups is 1. The Morgan fingerprint density at radius 2 is 2.00 bits per heavy atom. The van der Waals surface area contributed by atoms with Crippen LogP contribution in [0.2, 0.25) is 0 Å². The summed E-state index contributed by atoms with van der Waals surface area (Å²) in [7, 11) is 1.56. The molecule has 0 atom stereocenters. The van der Waals surface area contributed by atoms with Crippen molar-refractivity contribution in [2.24, 2.45) is 5.10 Å². The minimum Gasteiger partial charge on any atom is -0.496 e. The number of nitrogens with one attached hydrogen (secondary N) is 1. The third-order valence-corrected chi connectivity index (χ3v) is 4.06. The molecule has 124 valence electrons. The van der Waals surface area contributed by atoms with Gasteiger partial charge in [-0.3, -0.25) is 14.9 Å². The van der Waals surface area contributed by atoms with Gasteiger partial charge >= 0.3 is 0 Å². The van der Waals surface area contributed by atoms with E-state index in [2.05, 4.69) is 33.1 Å². The molecule has 0 aliphatic carbocycles. The first-order chi connectivity index (χ1) is 11.4. The van der Waals surface area contributed by atoms with Gasteiger partial charge in [0.15, 0.2) is 0 Å². The van der Waals surface area contributed by atoms with E-state index in [1.54, 1.807) is 44.4 Å². The first kappa shape index (κ1) is 17.9. The normalized spacial score (nSPS) is 11.0. The molecule has 0 bridgehead atoms. The summed E-state index contributed by atoms with van der Waals surface area (Å²) in [4.78, 5) is 22.5. The minimum absolute atomic E-state index is 0.0296. The van der Waals surface area contributed by atoms with Crippen LogP contribution in [-0.2, 0) is 0 Å². The lowest BCUT2D eigenvalue weighted by Crippen LogP contribution is -2.19. The maximum Gasteiger partial charge on any atom is 0.271 e. The van der Waals surface area contributed by atoms with E-state index >= 15 is 0 Å². The lowest BCUT2D eigenvalue weighted by molar-refractivity contribution is -0.384. The van der Waals surface area contributed by atoms with Crippen LogP contribution in [0.5, 0.6) is 5.75 Å². The molecule has 0 saturated heterocycles. The second-order valence-electron chi connectivity index (χ2n) is 4.79. The number of hydrogen-bond donors (Lipinski definition) is 1. The summed E-state index contributed by atoms with van der Waals surface area (Å²) < 4.78 is 5.95. The maximum atomic E-state index is 12.1. The summed E-state index contributed by atoms with van der Waals surface area (Å²) in [6, 6.07) is 11.1. The van der Waals surface area contributed by atoms with Crippen LogP contribution in [0, 0.1) is 13.7 Å². The third kappa shape index (κ3) is 4.28. The monoisotopic (exact) mass is 439 g/mol. The quantitative estimate of drug-likeness (QED) is 0.335. The molecular formula is C16H14IN3O4. The highest BCUT2D eigenvalue weighted by atomic mass is 127. The number of nitro benzene ring substituents is 1. The van der Waals surface area contributed by atoms with Crippen molar-refractivity contribution in [2.45, 2.75) is 6.92 Å². The summed E-state index contributed by atoms with van der Waals surface area (Å²) in [6.07, 6.45) is 0. The second kappa shape index (κ2) is 7.86. The summed E-state index contributed by atoms with van der Waals surface area (Å²) in [5.41, 5.74) is 3.89. The van der Waals surface area contributed by atoms with Gasteiger partial charge in [-0.05, 0) is 47.7 Å². The van der Waals surface area contributed by atoms with Gasteiger partial charge in [-0.1, -0.05) is 12.1 Å². The number of amides is 1. The molecular weight excluding hydrogens is 425 g/mol. The van der Waals surface area contributed by atoms with Crippen molar-refractivity contribution in [3.63, 3.8) is 0 Å². The van der Waals surface area contributed by atoms with Crippen LogP contribution < -0.4 is 10.2 Å². The number of non-ortho nitro benzene ring substituents is 1. The number of hydrogen-bond acceptors (Lipinski definition) is 5. The smallest absolute Gasteiger partial charge is 0.271 e. The number of rotatable bonds is 5. The fraction of sp³-hybridized carbons (Fsp3) is 0.125. The zero-order valence-corrected chi connectivity index (χ0v) is 15.1. The van der Waals surface area contributed by atoms with E-state index in [4.69, 9.17) is 4.74 Å². The van der Waals surface area contributed by atoms with Crippen molar-refractivity contribution in [2.75, 3.05) is 7.11 Å². The van der Waals surface area contributed by atoms with E-state index in [1.165, 1.54) is 12.1 Å². The molecule has 8 heteroatoms. The largest absolute Gasteiger partial charge is 0.496 e. The fourth-order valence-electron chi connectivity index (χ4n) is 1.92. The molecule has 1 N–H and O–H groups in total. The van der Waals surface area contributed by atoms with Crippen LogP contribution >= 0.6 is 22.6 Å². The minimum atomic E-state index is -0.478. The molecule has 7 nitrogen and oxygen atoms in total. The lowest BCUT2D eigenvalue weighted by atomic mass is 10.1. The van der Waals surface area contributed by atoms with E-state index < -0.39 is 4.92 Å². The average molecular weight is 439 g/mol. The van der Waals surface area contributed by atoms with E-state index in [0.29, 0.717) is 22.6 Å². The summed E-state index contributed by atoms with van der Waals surface area (Å²) in [6.45, 7) is 1.66. The van der Waals surface area contributed by atoms with Gasteiger partial charge in [0, 0.05) is 23.3 Å². The molecule has 0 spiro atoms. The van der Waals surface area contributed by atoms with Gasteiger partial charge < -0.3 is 4.74 Å². The topological polar surface area (TPSA) is 93.8 Å². The first-order valence-corrected chi connectivity index (χ1v) is 7.93. The number of carbonyl (C=O) groups excluding carboxylic acids is 1. The Balaban J connectivity index is 2.14. The predicted molar refractivity (Wildman–Crippen MR) is 98.5 cm³/mol. The standard InChI is InChI=1S/C16H14IN3O4/c1-10(11-4-3-5-13(8-11)20(22)23)18-19-16(21)12-6-7-15(24-2)14(17)9-12/h3-9H,1-2H3,(H,19,21)/b18-10-. The van der Waals surface area contributed by atoms with Crippen LogP contribution in [-0.4, -0.2) is 23.7 Å². The Bertz CT molecular complexity index is 821. The van der Waals surface area contributed by atoms with Gasteiger partial charge in [0.1, 0.15) is 5.75 Å². The number of halogens is 1. The van der Waals surface area contributed by atoms with Crippen molar-refractivity contribution in [3.05, 3.63) is 67.3 Å². The molecule has 0 aliphatic rings. The Labute approximate surface area is 152 Å². The van der Waals surface area contributed by atoms with Gasteiger partial charge in [-0.25, -0.2) is 5.43 Å². The van der Waals surface area contributed by atoms with Crippen LogP contribution in [0.3, 0.4) is 0 Å². The van der Waals surface area contributed by atoms with Gasteiger partial charge in [-0.2, -0.15) is 5.10 Å². The third-order valence-electron chi connectivity index (χ3n) is 3.21. The van der Waals surface area contributed by atoms with Crippen LogP contribution in [0.15, 0.2) is 47.6 Å². The number of benzene rings is 2. The van der Waals surface area contributed by atoms with Crippen molar-refractivity contribution in [1.82, 2.24) is 5.43 Å². The molecule has 0 unspecified atom stereocenters. The van der Waals surface area contributed by atoms with E-state index in [-0.39, 0.29) is 11.6 Å². The molecule has 0 saturated carbocycles. The van der Waals surface area contributed by atoms with Gasteiger partial charge in [0.2, 0.25) is 0 Å².